The van der Waals surface area contributed by atoms with E-state index < -0.39 is 5.91 Å². The van der Waals surface area contributed by atoms with Gasteiger partial charge in [0.15, 0.2) is 11.5 Å². The van der Waals surface area contributed by atoms with Crippen LogP contribution in [0, 0.1) is 0 Å². The molecule has 0 bridgehead atoms. The molecule has 0 aliphatic heterocycles. The smallest absolute Gasteiger partial charge is 0.240 e. The van der Waals surface area contributed by atoms with Crippen LogP contribution in [0.1, 0.15) is 18.4 Å². The van der Waals surface area contributed by atoms with Gasteiger partial charge < -0.3 is 15.2 Å². The molecule has 27 heavy (non-hydrogen) atoms. The molecular weight excluding hydrogens is 393 g/mol. The molecule has 0 saturated heterocycles. The SMILES string of the molecule is COc1cccc(/C=N\NC(=O)CCC(=O)Nc2ccc(Cl)cc2Cl)c1O. The number of hydrogen-bond donors (Lipinski definition) is 3. The molecule has 0 fully saturated rings. The molecule has 0 radical (unpaired) electrons. The average Bonchev–Trinajstić information content (AvgIpc) is 2.64. The number of aromatic hydroxyl groups is 1. The van der Waals surface area contributed by atoms with E-state index in [9.17, 15) is 14.7 Å². The molecule has 0 atom stereocenters. The second-order valence-electron chi connectivity index (χ2n) is 5.36. The molecule has 0 heterocycles. The van der Waals surface area contributed by atoms with Crippen LogP contribution in [0.25, 0.3) is 0 Å². The molecule has 2 aromatic carbocycles. The van der Waals surface area contributed by atoms with Crippen LogP contribution < -0.4 is 15.5 Å². The molecule has 0 spiro atoms. The number of halogens is 2. The van der Waals surface area contributed by atoms with Crippen LogP contribution >= 0.6 is 23.2 Å². The minimum atomic E-state index is -0.453. The van der Waals surface area contributed by atoms with Gasteiger partial charge in [0.05, 0.1) is 24.0 Å². The van der Waals surface area contributed by atoms with Crippen LogP contribution in [0.2, 0.25) is 10.0 Å². The fourth-order valence-electron chi connectivity index (χ4n) is 2.07. The van der Waals surface area contributed by atoms with Crippen LogP contribution in [-0.2, 0) is 9.59 Å². The van der Waals surface area contributed by atoms with E-state index in [4.69, 9.17) is 27.9 Å². The van der Waals surface area contributed by atoms with Gasteiger partial charge in [-0.2, -0.15) is 5.10 Å². The summed E-state index contributed by atoms with van der Waals surface area (Å²) in [4.78, 5) is 23.7. The van der Waals surface area contributed by atoms with Crippen molar-refractivity contribution >= 4 is 46.9 Å². The third kappa shape index (κ3) is 6.16. The van der Waals surface area contributed by atoms with E-state index >= 15 is 0 Å². The van der Waals surface area contributed by atoms with Crippen LogP contribution in [0.4, 0.5) is 5.69 Å². The summed E-state index contributed by atoms with van der Waals surface area (Å²) in [7, 11) is 1.43. The Kier molecular flexibility index (Phi) is 7.45. The number of carbonyl (C=O) groups excluding carboxylic acids is 2. The van der Waals surface area contributed by atoms with E-state index in [2.05, 4.69) is 15.8 Å². The van der Waals surface area contributed by atoms with Crippen LogP contribution in [-0.4, -0.2) is 30.2 Å². The summed E-state index contributed by atoms with van der Waals surface area (Å²) < 4.78 is 4.98. The van der Waals surface area contributed by atoms with Crippen molar-refractivity contribution in [1.29, 1.82) is 0 Å². The van der Waals surface area contributed by atoms with Crippen molar-refractivity contribution in [3.63, 3.8) is 0 Å². The number of methoxy groups -OCH3 is 1. The van der Waals surface area contributed by atoms with E-state index in [1.807, 2.05) is 0 Å². The third-order valence-corrected chi connectivity index (χ3v) is 3.98. The minimum Gasteiger partial charge on any atom is -0.504 e. The topological polar surface area (TPSA) is 100 Å². The van der Waals surface area contributed by atoms with Gasteiger partial charge in [-0.25, -0.2) is 5.43 Å². The molecule has 0 aliphatic carbocycles. The zero-order valence-corrected chi connectivity index (χ0v) is 15.8. The quantitative estimate of drug-likeness (QED) is 0.480. The number of anilines is 1. The first-order valence-corrected chi connectivity index (χ1v) is 8.59. The summed E-state index contributed by atoms with van der Waals surface area (Å²) in [5.74, 6) is -0.616. The largest absolute Gasteiger partial charge is 0.504 e. The first-order chi connectivity index (χ1) is 12.9. The molecule has 2 aromatic rings. The van der Waals surface area contributed by atoms with Crippen molar-refractivity contribution in [3.05, 3.63) is 52.0 Å². The van der Waals surface area contributed by atoms with Crippen LogP contribution in [0.3, 0.4) is 0 Å². The average molecular weight is 410 g/mol. The highest BCUT2D eigenvalue weighted by atomic mass is 35.5. The molecule has 0 aromatic heterocycles. The van der Waals surface area contributed by atoms with Crippen LogP contribution in [0.15, 0.2) is 41.5 Å². The van der Waals surface area contributed by atoms with Gasteiger partial charge in [0.25, 0.3) is 0 Å². The van der Waals surface area contributed by atoms with Crippen molar-refractivity contribution in [2.24, 2.45) is 5.10 Å². The lowest BCUT2D eigenvalue weighted by molar-refractivity contribution is -0.124. The Balaban J connectivity index is 1.81. The molecule has 2 amide bonds. The van der Waals surface area contributed by atoms with Gasteiger partial charge in [-0.1, -0.05) is 29.3 Å². The summed E-state index contributed by atoms with van der Waals surface area (Å²) in [6, 6.07) is 9.56. The van der Waals surface area contributed by atoms with Crippen molar-refractivity contribution in [2.75, 3.05) is 12.4 Å². The number of nitrogens with zero attached hydrogens (tertiary/aromatic N) is 1. The summed E-state index contributed by atoms with van der Waals surface area (Å²) in [5, 5.41) is 17.0. The minimum absolute atomic E-state index is 0.0509. The number of para-hydroxylation sites is 1. The first kappa shape index (κ1) is 20.5. The number of phenolic OH excluding ortho intramolecular Hbond substituents is 1. The highest BCUT2D eigenvalue weighted by Crippen LogP contribution is 2.28. The maximum atomic E-state index is 11.9. The monoisotopic (exact) mass is 409 g/mol. The van der Waals surface area contributed by atoms with Crippen molar-refractivity contribution in [1.82, 2.24) is 5.43 Å². The summed E-state index contributed by atoms with van der Waals surface area (Å²) in [5.41, 5.74) is 3.08. The Morgan fingerprint density at radius 2 is 1.93 bits per heavy atom. The van der Waals surface area contributed by atoms with Gasteiger partial charge in [-0.15, -0.1) is 0 Å². The fourth-order valence-corrected chi connectivity index (χ4v) is 2.52. The molecule has 0 unspecified atom stereocenters. The predicted molar refractivity (Wildman–Crippen MR) is 105 cm³/mol. The lowest BCUT2D eigenvalue weighted by atomic mass is 10.2. The molecule has 9 heteroatoms. The Bertz CT molecular complexity index is 872. The van der Waals surface area contributed by atoms with Crippen molar-refractivity contribution in [2.45, 2.75) is 12.8 Å². The number of nitrogens with one attached hydrogen (secondary N) is 2. The zero-order valence-electron chi connectivity index (χ0n) is 14.3. The van der Waals surface area contributed by atoms with E-state index in [1.165, 1.54) is 19.4 Å². The van der Waals surface area contributed by atoms with E-state index in [0.717, 1.165) is 0 Å². The number of carbonyl (C=O) groups is 2. The van der Waals surface area contributed by atoms with Crippen LogP contribution in [0.5, 0.6) is 11.5 Å². The number of benzene rings is 2. The second-order valence-corrected chi connectivity index (χ2v) is 6.21. The molecule has 0 saturated carbocycles. The molecule has 7 nitrogen and oxygen atoms in total. The van der Waals surface area contributed by atoms with E-state index in [1.54, 1.807) is 30.3 Å². The zero-order chi connectivity index (χ0) is 19.8. The Morgan fingerprint density at radius 1 is 1.19 bits per heavy atom. The van der Waals surface area contributed by atoms with Crippen molar-refractivity contribution < 1.29 is 19.4 Å². The molecule has 2 rings (SSSR count). The normalized spacial score (nSPS) is 10.6. The van der Waals surface area contributed by atoms with Gasteiger partial charge in [-0.3, -0.25) is 9.59 Å². The molecule has 0 aliphatic rings. The summed E-state index contributed by atoms with van der Waals surface area (Å²) in [6.07, 6.45) is 1.16. The number of hydrazone groups is 1. The van der Waals surface area contributed by atoms with Crippen molar-refractivity contribution in [3.8, 4) is 11.5 Å². The van der Waals surface area contributed by atoms with Gasteiger partial charge in [0, 0.05) is 23.4 Å². The van der Waals surface area contributed by atoms with Gasteiger partial charge >= 0.3 is 0 Å². The first-order valence-electron chi connectivity index (χ1n) is 7.83. The highest BCUT2D eigenvalue weighted by molar-refractivity contribution is 6.36. The number of ether oxygens (including phenoxy) is 1. The molecule has 3 N–H and O–H groups in total. The molecule has 142 valence electrons. The Morgan fingerprint density at radius 3 is 2.63 bits per heavy atom. The van der Waals surface area contributed by atoms with Gasteiger partial charge in [-0.05, 0) is 30.3 Å². The molecular formula is C18H17Cl2N3O4. The third-order valence-electron chi connectivity index (χ3n) is 3.43. The lowest BCUT2D eigenvalue weighted by Crippen LogP contribution is -2.20. The maximum absolute atomic E-state index is 11.9. The maximum Gasteiger partial charge on any atom is 0.240 e. The number of hydrogen-bond acceptors (Lipinski definition) is 5. The number of phenols is 1. The number of rotatable bonds is 7. The fraction of sp³-hybridized carbons (Fsp3) is 0.167. The Hall–Kier alpha value is -2.77. The predicted octanol–water partition coefficient (Wildman–Crippen LogP) is 3.58. The summed E-state index contributed by atoms with van der Waals surface area (Å²) >= 11 is 11.8. The van der Waals surface area contributed by atoms with Gasteiger partial charge in [0.2, 0.25) is 11.8 Å². The Labute approximate surface area is 165 Å². The summed E-state index contributed by atoms with van der Waals surface area (Å²) in [6.45, 7) is 0. The van der Waals surface area contributed by atoms with E-state index in [-0.39, 0.29) is 24.5 Å². The van der Waals surface area contributed by atoms with Gasteiger partial charge in [0.1, 0.15) is 0 Å². The lowest BCUT2D eigenvalue weighted by Gasteiger charge is -2.07. The highest BCUT2D eigenvalue weighted by Gasteiger charge is 2.09. The van der Waals surface area contributed by atoms with E-state index in [0.29, 0.717) is 27.0 Å². The standard InChI is InChI=1S/C18H17Cl2N3O4/c1-27-15-4-2-3-11(18(15)26)10-21-23-17(25)8-7-16(24)22-14-6-5-12(19)9-13(14)20/h2-6,9-10,26H,7-8H2,1H3,(H,22,24)(H,23,25)/b21-10-. The second kappa shape index (κ2) is 9.80. The number of amides is 2.